The molecule has 0 amide bonds. The van der Waals surface area contributed by atoms with Crippen molar-refractivity contribution < 1.29 is 29.6 Å². The zero-order valence-corrected chi connectivity index (χ0v) is 14.0. The predicted molar refractivity (Wildman–Crippen MR) is 94.7 cm³/mol. The van der Waals surface area contributed by atoms with E-state index in [2.05, 4.69) is 0 Å². The van der Waals surface area contributed by atoms with Crippen molar-refractivity contribution in [3.63, 3.8) is 0 Å². The van der Waals surface area contributed by atoms with Crippen LogP contribution in [0.1, 0.15) is 13.3 Å². The summed E-state index contributed by atoms with van der Waals surface area (Å²) >= 11 is 0. The summed E-state index contributed by atoms with van der Waals surface area (Å²) in [4.78, 5) is 12.7. The molecule has 0 radical (unpaired) electrons. The number of phenols is 2. The molecule has 0 aliphatic rings. The highest BCUT2D eigenvalue weighted by Crippen LogP contribution is 2.36. The lowest BCUT2D eigenvalue weighted by atomic mass is 10.1. The summed E-state index contributed by atoms with van der Waals surface area (Å²) in [5.41, 5.74) is -0.321. The molecule has 136 valence electrons. The minimum absolute atomic E-state index is 0.00815. The Kier molecular flexibility index (Phi) is 4.73. The second kappa shape index (κ2) is 6.97. The molecule has 2 aromatic carbocycles. The van der Waals surface area contributed by atoms with E-state index in [1.165, 1.54) is 36.4 Å². The maximum absolute atomic E-state index is 12.7. The molecule has 7 heteroatoms. The van der Waals surface area contributed by atoms with E-state index >= 15 is 0 Å². The third-order valence-electron chi connectivity index (χ3n) is 3.95. The van der Waals surface area contributed by atoms with Crippen LogP contribution in [0.4, 0.5) is 0 Å². The third kappa shape index (κ3) is 3.29. The number of aliphatic hydroxyl groups is 1. The summed E-state index contributed by atoms with van der Waals surface area (Å²) in [6.07, 6.45) is -0.272. The number of hydrogen-bond donors (Lipinski definition) is 4. The lowest BCUT2D eigenvalue weighted by Gasteiger charge is -2.13. The van der Waals surface area contributed by atoms with Crippen molar-refractivity contribution in [3.8, 4) is 34.3 Å². The molecule has 1 aromatic heterocycles. The zero-order chi connectivity index (χ0) is 18.8. The molecule has 0 saturated carbocycles. The molecule has 0 saturated heterocycles. The molecule has 26 heavy (non-hydrogen) atoms. The van der Waals surface area contributed by atoms with Gasteiger partial charge >= 0.3 is 0 Å². The summed E-state index contributed by atoms with van der Waals surface area (Å²) in [5.74, 6) is -0.862. The average molecular weight is 358 g/mol. The molecule has 0 aliphatic heterocycles. The first kappa shape index (κ1) is 17.6. The van der Waals surface area contributed by atoms with Gasteiger partial charge < -0.3 is 29.6 Å². The summed E-state index contributed by atoms with van der Waals surface area (Å²) in [6, 6.07) is 8.21. The summed E-state index contributed by atoms with van der Waals surface area (Å²) < 4.78 is 11.1. The molecule has 0 spiro atoms. The van der Waals surface area contributed by atoms with Crippen molar-refractivity contribution in [1.29, 1.82) is 0 Å². The van der Waals surface area contributed by atoms with Crippen LogP contribution in [0, 0.1) is 0 Å². The number of benzene rings is 2. The van der Waals surface area contributed by atoms with Crippen LogP contribution in [0.15, 0.2) is 45.6 Å². The molecule has 7 nitrogen and oxygen atoms in total. The van der Waals surface area contributed by atoms with Gasteiger partial charge in [-0.2, -0.15) is 0 Å². The molecule has 4 N–H and O–H groups in total. The van der Waals surface area contributed by atoms with Crippen molar-refractivity contribution in [3.05, 3.63) is 46.6 Å². The molecule has 1 atom stereocenters. The maximum atomic E-state index is 12.7. The van der Waals surface area contributed by atoms with E-state index in [0.29, 0.717) is 12.0 Å². The minimum atomic E-state index is -0.732. The Morgan fingerprint density at radius 2 is 1.77 bits per heavy atom. The first-order chi connectivity index (χ1) is 12.4. The number of fused-ring (bicyclic) bond motifs is 1. The van der Waals surface area contributed by atoms with Gasteiger partial charge in [0.05, 0.1) is 6.10 Å². The predicted octanol–water partition coefficient (Wildman–Crippen LogP) is 2.73. The van der Waals surface area contributed by atoms with E-state index in [9.17, 15) is 25.2 Å². The maximum Gasteiger partial charge on any atom is 0.238 e. The van der Waals surface area contributed by atoms with E-state index in [1.807, 2.05) is 0 Å². The van der Waals surface area contributed by atoms with E-state index in [4.69, 9.17) is 9.15 Å². The highest BCUT2D eigenvalue weighted by molar-refractivity contribution is 5.88. The Hall–Kier alpha value is -3.19. The SMILES string of the molecule is CCC(O)COc1cc(O)cc2oc(-c3ccc(O)cc3)c(O)c(=O)c12. The number of rotatable bonds is 5. The van der Waals surface area contributed by atoms with Gasteiger partial charge in [0.2, 0.25) is 11.2 Å². The Balaban J connectivity index is 2.17. The molecular weight excluding hydrogens is 340 g/mol. The molecule has 0 fully saturated rings. The second-order valence-corrected chi connectivity index (χ2v) is 5.85. The monoisotopic (exact) mass is 358 g/mol. The van der Waals surface area contributed by atoms with E-state index in [-0.39, 0.29) is 40.6 Å². The first-order valence-corrected chi connectivity index (χ1v) is 8.03. The van der Waals surface area contributed by atoms with Gasteiger partial charge in [0.15, 0.2) is 5.76 Å². The molecule has 3 rings (SSSR count). The number of hydrogen-bond acceptors (Lipinski definition) is 7. The van der Waals surface area contributed by atoms with Crippen LogP contribution in [0.2, 0.25) is 0 Å². The largest absolute Gasteiger partial charge is 0.508 e. The van der Waals surface area contributed by atoms with Gasteiger partial charge in [-0.3, -0.25) is 4.79 Å². The molecule has 1 heterocycles. The number of aliphatic hydroxyl groups excluding tert-OH is 1. The fraction of sp³-hybridized carbons (Fsp3) is 0.211. The number of phenolic OH excluding ortho intramolecular Hbond substituents is 2. The minimum Gasteiger partial charge on any atom is -0.508 e. The lowest BCUT2D eigenvalue weighted by Crippen LogP contribution is -2.17. The van der Waals surface area contributed by atoms with Crippen LogP contribution >= 0.6 is 0 Å². The van der Waals surface area contributed by atoms with Gasteiger partial charge in [-0.25, -0.2) is 0 Å². The highest BCUT2D eigenvalue weighted by Gasteiger charge is 2.20. The Labute approximate surface area is 148 Å². The van der Waals surface area contributed by atoms with Crippen LogP contribution in [0.25, 0.3) is 22.3 Å². The van der Waals surface area contributed by atoms with Crippen molar-refractivity contribution in [2.75, 3.05) is 6.61 Å². The molecule has 3 aromatic rings. The molecular formula is C19H18O7. The summed E-state index contributed by atoms with van der Waals surface area (Å²) in [7, 11) is 0. The number of aromatic hydroxyl groups is 3. The highest BCUT2D eigenvalue weighted by atomic mass is 16.5. The topological polar surface area (TPSA) is 120 Å². The fourth-order valence-electron chi connectivity index (χ4n) is 2.49. The summed E-state index contributed by atoms with van der Waals surface area (Å²) in [5, 5.41) is 39.2. The molecule has 0 aliphatic carbocycles. The Bertz CT molecular complexity index is 989. The average Bonchev–Trinajstić information content (AvgIpc) is 2.62. The van der Waals surface area contributed by atoms with Crippen molar-refractivity contribution in [2.45, 2.75) is 19.4 Å². The number of ether oxygens (including phenoxy) is 1. The Morgan fingerprint density at radius 1 is 1.08 bits per heavy atom. The van der Waals surface area contributed by atoms with Crippen LogP contribution in [0.5, 0.6) is 23.0 Å². The van der Waals surface area contributed by atoms with Crippen LogP contribution in [0.3, 0.4) is 0 Å². The lowest BCUT2D eigenvalue weighted by molar-refractivity contribution is 0.105. The normalized spacial score (nSPS) is 12.2. The van der Waals surface area contributed by atoms with Gasteiger partial charge in [0.1, 0.15) is 34.8 Å². The second-order valence-electron chi connectivity index (χ2n) is 5.85. The van der Waals surface area contributed by atoms with E-state index in [0.717, 1.165) is 0 Å². The van der Waals surface area contributed by atoms with Gasteiger partial charge in [-0.1, -0.05) is 6.92 Å². The zero-order valence-electron chi connectivity index (χ0n) is 14.0. The smallest absolute Gasteiger partial charge is 0.238 e. The van der Waals surface area contributed by atoms with Gasteiger partial charge in [0.25, 0.3) is 0 Å². The summed E-state index contributed by atoms with van der Waals surface area (Å²) in [6.45, 7) is 1.70. The quantitative estimate of drug-likeness (QED) is 0.553. The first-order valence-electron chi connectivity index (χ1n) is 8.03. The molecule has 0 bridgehead atoms. The van der Waals surface area contributed by atoms with Gasteiger partial charge in [-0.15, -0.1) is 0 Å². The van der Waals surface area contributed by atoms with E-state index < -0.39 is 17.3 Å². The fourth-order valence-corrected chi connectivity index (χ4v) is 2.49. The van der Waals surface area contributed by atoms with Crippen LogP contribution in [-0.4, -0.2) is 33.1 Å². The van der Waals surface area contributed by atoms with Crippen molar-refractivity contribution >= 4 is 11.0 Å². The Morgan fingerprint density at radius 3 is 2.42 bits per heavy atom. The van der Waals surface area contributed by atoms with Gasteiger partial charge in [-0.05, 0) is 30.7 Å². The standard InChI is InChI=1S/C19H18O7/c1-2-11(20)9-25-14-7-13(22)8-15-16(14)17(23)18(24)19(26-15)10-3-5-12(21)6-4-10/h3-8,11,20-22,24H,2,9H2,1H3. The van der Waals surface area contributed by atoms with Gasteiger partial charge in [0, 0.05) is 17.7 Å². The van der Waals surface area contributed by atoms with Crippen molar-refractivity contribution in [1.82, 2.24) is 0 Å². The third-order valence-corrected chi connectivity index (χ3v) is 3.95. The van der Waals surface area contributed by atoms with Crippen LogP contribution < -0.4 is 10.2 Å². The van der Waals surface area contributed by atoms with Crippen LogP contribution in [-0.2, 0) is 0 Å². The molecule has 1 unspecified atom stereocenters. The van der Waals surface area contributed by atoms with E-state index in [1.54, 1.807) is 6.92 Å². The van der Waals surface area contributed by atoms with Crippen molar-refractivity contribution in [2.24, 2.45) is 0 Å².